The Morgan fingerprint density at radius 1 is 1.20 bits per heavy atom. The van der Waals surface area contributed by atoms with Crippen molar-refractivity contribution in [3.63, 3.8) is 0 Å². The van der Waals surface area contributed by atoms with E-state index in [9.17, 15) is 9.90 Å². The summed E-state index contributed by atoms with van der Waals surface area (Å²) in [6.07, 6.45) is 0. The summed E-state index contributed by atoms with van der Waals surface area (Å²) in [5.41, 5.74) is 7.18. The molecule has 0 saturated carbocycles. The highest BCUT2D eigenvalue weighted by molar-refractivity contribution is 9.10. The Morgan fingerprint density at radius 3 is 2.45 bits per heavy atom. The van der Waals surface area contributed by atoms with E-state index in [1.54, 1.807) is 18.2 Å². The molecule has 4 N–H and O–H groups in total. The van der Waals surface area contributed by atoms with Gasteiger partial charge in [0, 0.05) is 15.6 Å². The van der Waals surface area contributed by atoms with Crippen molar-refractivity contribution < 1.29 is 9.90 Å². The molecule has 0 unspecified atom stereocenters. The molecule has 20 heavy (non-hydrogen) atoms. The molecule has 0 aromatic heterocycles. The third kappa shape index (κ3) is 3.34. The largest absolute Gasteiger partial charge is 0.508 e. The van der Waals surface area contributed by atoms with E-state index >= 15 is 0 Å². The third-order valence-electron chi connectivity index (χ3n) is 2.62. The van der Waals surface area contributed by atoms with E-state index in [2.05, 4.69) is 21.2 Å². The molecule has 0 fully saturated rings. The predicted octanol–water partition coefficient (Wildman–Crippen LogP) is 3.04. The molecule has 0 atom stereocenters. The maximum absolute atomic E-state index is 12.1. The van der Waals surface area contributed by atoms with Crippen molar-refractivity contribution in [2.45, 2.75) is 0 Å². The van der Waals surface area contributed by atoms with Gasteiger partial charge in [0.25, 0.3) is 5.91 Å². The number of thiocarbonyl (C=S) groups is 1. The zero-order valence-electron chi connectivity index (χ0n) is 10.3. The molecule has 102 valence electrons. The number of carbonyl (C=O) groups excluding carboxylic acids is 1. The number of anilines is 1. The topological polar surface area (TPSA) is 75.3 Å². The second-order valence-electron chi connectivity index (χ2n) is 4.06. The molecule has 1 amide bonds. The summed E-state index contributed by atoms with van der Waals surface area (Å²) in [5, 5.41) is 12.0. The van der Waals surface area contributed by atoms with Crippen LogP contribution in [0.3, 0.4) is 0 Å². The first kappa shape index (κ1) is 14.5. The van der Waals surface area contributed by atoms with Crippen LogP contribution in [0.1, 0.15) is 15.9 Å². The molecule has 0 heterocycles. The zero-order chi connectivity index (χ0) is 14.7. The highest BCUT2D eigenvalue weighted by Crippen LogP contribution is 2.22. The Bertz CT molecular complexity index is 671. The second kappa shape index (κ2) is 6.02. The molecule has 0 saturated heterocycles. The fraction of sp³-hybridized carbons (Fsp3) is 0. The van der Waals surface area contributed by atoms with Gasteiger partial charge in [0.05, 0.1) is 5.69 Å². The number of hydrogen-bond donors (Lipinski definition) is 3. The van der Waals surface area contributed by atoms with Crippen LogP contribution in [0.5, 0.6) is 5.75 Å². The van der Waals surface area contributed by atoms with E-state index < -0.39 is 0 Å². The number of carbonyl (C=O) groups is 1. The van der Waals surface area contributed by atoms with Crippen LogP contribution in [0.25, 0.3) is 0 Å². The predicted molar refractivity (Wildman–Crippen MR) is 86.1 cm³/mol. The number of nitrogens with one attached hydrogen (secondary N) is 1. The fourth-order valence-corrected chi connectivity index (χ4v) is 2.18. The number of rotatable bonds is 3. The van der Waals surface area contributed by atoms with Crippen molar-refractivity contribution in [3.05, 3.63) is 58.1 Å². The van der Waals surface area contributed by atoms with Crippen molar-refractivity contribution in [2.24, 2.45) is 5.73 Å². The number of hydrogen-bond acceptors (Lipinski definition) is 3. The van der Waals surface area contributed by atoms with Gasteiger partial charge in [0.1, 0.15) is 10.7 Å². The van der Waals surface area contributed by atoms with Crippen molar-refractivity contribution in [3.8, 4) is 5.75 Å². The molecule has 0 bridgehead atoms. The summed E-state index contributed by atoms with van der Waals surface area (Å²) in [5.74, 6) is -0.201. The summed E-state index contributed by atoms with van der Waals surface area (Å²) in [4.78, 5) is 12.3. The van der Waals surface area contributed by atoms with Crippen LogP contribution in [0.4, 0.5) is 5.69 Å². The number of halogens is 1. The lowest BCUT2D eigenvalue weighted by molar-refractivity contribution is 0.102. The summed E-state index contributed by atoms with van der Waals surface area (Å²) in [7, 11) is 0. The maximum atomic E-state index is 12.1. The van der Waals surface area contributed by atoms with Crippen LogP contribution in [0.2, 0.25) is 0 Å². The normalized spacial score (nSPS) is 10.1. The van der Waals surface area contributed by atoms with E-state index in [0.29, 0.717) is 16.8 Å². The van der Waals surface area contributed by atoms with Crippen molar-refractivity contribution in [1.29, 1.82) is 0 Å². The Morgan fingerprint density at radius 2 is 1.85 bits per heavy atom. The maximum Gasteiger partial charge on any atom is 0.255 e. The lowest BCUT2D eigenvalue weighted by Gasteiger charge is -2.11. The van der Waals surface area contributed by atoms with E-state index in [1.165, 1.54) is 24.3 Å². The number of phenols is 1. The van der Waals surface area contributed by atoms with E-state index in [0.717, 1.165) is 4.47 Å². The first-order valence-corrected chi connectivity index (χ1v) is 6.87. The lowest BCUT2D eigenvalue weighted by Crippen LogP contribution is -2.17. The Labute approximate surface area is 129 Å². The van der Waals surface area contributed by atoms with Crippen LogP contribution in [-0.4, -0.2) is 16.0 Å². The number of phenolic OH excluding ortho intramolecular Hbond substituents is 1. The highest BCUT2D eigenvalue weighted by Gasteiger charge is 2.11. The van der Waals surface area contributed by atoms with Gasteiger partial charge in [0.2, 0.25) is 0 Å². The van der Waals surface area contributed by atoms with Crippen LogP contribution < -0.4 is 11.1 Å². The minimum absolute atomic E-state index is 0.104. The minimum Gasteiger partial charge on any atom is -0.508 e. The van der Waals surface area contributed by atoms with E-state index in [1.807, 2.05) is 0 Å². The van der Waals surface area contributed by atoms with Crippen LogP contribution in [0, 0.1) is 0 Å². The van der Waals surface area contributed by atoms with E-state index in [4.69, 9.17) is 18.0 Å². The standard InChI is InChI=1S/C14H11BrN2O2S/c15-9-3-6-11(13(16)20)12(7-9)17-14(19)8-1-4-10(18)5-2-8/h1-7,18H,(H2,16,20)(H,17,19). The smallest absolute Gasteiger partial charge is 0.255 e. The molecular formula is C14H11BrN2O2S. The quantitative estimate of drug-likeness (QED) is 0.743. The molecular weight excluding hydrogens is 340 g/mol. The summed E-state index contributed by atoms with van der Waals surface area (Å²) in [6.45, 7) is 0. The molecule has 4 nitrogen and oxygen atoms in total. The van der Waals surface area contributed by atoms with Crippen molar-refractivity contribution >= 4 is 44.7 Å². The average molecular weight is 351 g/mol. The average Bonchev–Trinajstić information content (AvgIpc) is 2.39. The number of amides is 1. The zero-order valence-corrected chi connectivity index (χ0v) is 12.7. The lowest BCUT2D eigenvalue weighted by atomic mass is 10.1. The SMILES string of the molecule is NC(=S)c1ccc(Br)cc1NC(=O)c1ccc(O)cc1. The van der Waals surface area contributed by atoms with Gasteiger partial charge in [-0.15, -0.1) is 0 Å². The Balaban J connectivity index is 2.29. The molecule has 6 heteroatoms. The van der Waals surface area contributed by atoms with Crippen LogP contribution in [-0.2, 0) is 0 Å². The second-order valence-corrected chi connectivity index (χ2v) is 5.41. The molecule has 0 aliphatic carbocycles. The highest BCUT2D eigenvalue weighted by atomic mass is 79.9. The van der Waals surface area contributed by atoms with Gasteiger partial charge >= 0.3 is 0 Å². The van der Waals surface area contributed by atoms with Gasteiger partial charge in [-0.3, -0.25) is 4.79 Å². The van der Waals surface area contributed by atoms with Crippen LogP contribution in [0.15, 0.2) is 46.9 Å². The van der Waals surface area contributed by atoms with Gasteiger partial charge in [-0.25, -0.2) is 0 Å². The Kier molecular flexibility index (Phi) is 4.36. The molecule has 0 spiro atoms. The Hall–Kier alpha value is -1.92. The van der Waals surface area contributed by atoms with Crippen LogP contribution >= 0.6 is 28.1 Å². The van der Waals surface area contributed by atoms with Crippen molar-refractivity contribution in [1.82, 2.24) is 0 Å². The molecule has 2 rings (SSSR count). The van der Waals surface area contributed by atoms with Gasteiger partial charge in [-0.1, -0.05) is 28.1 Å². The van der Waals surface area contributed by atoms with E-state index in [-0.39, 0.29) is 16.6 Å². The monoisotopic (exact) mass is 350 g/mol. The van der Waals surface area contributed by atoms with Gasteiger partial charge in [-0.05, 0) is 42.5 Å². The molecule has 0 aliphatic heterocycles. The first-order chi connectivity index (χ1) is 9.47. The molecule has 2 aromatic rings. The van der Waals surface area contributed by atoms with Gasteiger partial charge in [0.15, 0.2) is 0 Å². The first-order valence-electron chi connectivity index (χ1n) is 5.67. The van der Waals surface area contributed by atoms with Gasteiger partial charge in [-0.2, -0.15) is 0 Å². The van der Waals surface area contributed by atoms with Crippen molar-refractivity contribution in [2.75, 3.05) is 5.32 Å². The number of aromatic hydroxyl groups is 1. The summed E-state index contributed by atoms with van der Waals surface area (Å²) < 4.78 is 0.804. The minimum atomic E-state index is -0.305. The molecule has 0 aliphatic rings. The summed E-state index contributed by atoms with van der Waals surface area (Å²) >= 11 is 8.29. The third-order valence-corrected chi connectivity index (χ3v) is 3.34. The number of nitrogens with two attached hydrogens (primary N) is 1. The summed E-state index contributed by atoms with van der Waals surface area (Å²) in [6, 6.07) is 11.2. The molecule has 2 aromatic carbocycles. The van der Waals surface area contributed by atoms with Gasteiger partial charge < -0.3 is 16.2 Å². The fourth-order valence-electron chi connectivity index (χ4n) is 1.64. The molecule has 0 radical (unpaired) electrons. The number of benzene rings is 2.